The summed E-state index contributed by atoms with van der Waals surface area (Å²) in [6.07, 6.45) is 4.14. The van der Waals surface area contributed by atoms with E-state index in [0.717, 1.165) is 19.3 Å². The van der Waals surface area contributed by atoms with E-state index in [-0.39, 0.29) is 23.1 Å². The van der Waals surface area contributed by atoms with Crippen LogP contribution in [-0.2, 0) is 21.3 Å². The fraction of sp³-hybridized carbons (Fsp3) is 0.500. The molecule has 0 bridgehead atoms. The van der Waals surface area contributed by atoms with Crippen molar-refractivity contribution in [1.29, 1.82) is 0 Å². The number of carbonyl (C=O) groups is 1. The van der Waals surface area contributed by atoms with Crippen LogP contribution in [0.3, 0.4) is 0 Å². The molecule has 0 aromatic heterocycles. The number of nitrogens with two attached hydrogens (primary N) is 1. The lowest BCUT2D eigenvalue weighted by Crippen LogP contribution is -2.13. The molecule has 0 radical (unpaired) electrons. The fourth-order valence-electron chi connectivity index (χ4n) is 2.30. The molecule has 0 saturated heterocycles. The van der Waals surface area contributed by atoms with Crippen molar-refractivity contribution in [3.8, 4) is 0 Å². The Labute approximate surface area is 158 Å². The van der Waals surface area contributed by atoms with Gasteiger partial charge in [0.25, 0.3) is 10.1 Å². The minimum atomic E-state index is -4.84. The molecule has 1 rings (SSSR count). The molecule has 0 aliphatic carbocycles. The highest BCUT2D eigenvalue weighted by atomic mass is 32.2. The van der Waals surface area contributed by atoms with Gasteiger partial charge in [0.15, 0.2) is 11.6 Å². The smallest absolute Gasteiger partial charge is 0.330 e. The summed E-state index contributed by atoms with van der Waals surface area (Å²) < 4.78 is 59.0. The lowest BCUT2D eigenvalue weighted by molar-refractivity contribution is -0.132. The van der Waals surface area contributed by atoms with E-state index in [1.54, 1.807) is 6.92 Å². The van der Waals surface area contributed by atoms with Crippen LogP contribution in [0.15, 0.2) is 17.0 Å². The summed E-state index contributed by atoms with van der Waals surface area (Å²) in [7, 11) is -4.84. The van der Waals surface area contributed by atoms with Crippen LogP contribution >= 0.6 is 0 Å². The van der Waals surface area contributed by atoms with Crippen LogP contribution in [-0.4, -0.2) is 24.0 Å². The maximum Gasteiger partial charge on any atom is 0.330 e. The second-order valence-electron chi connectivity index (χ2n) is 6.02. The molecule has 6 nitrogen and oxygen atoms in total. The van der Waals surface area contributed by atoms with Gasteiger partial charge in [-0.2, -0.15) is 8.42 Å². The maximum atomic E-state index is 13.8. The maximum absolute atomic E-state index is 13.8. The summed E-state index contributed by atoms with van der Waals surface area (Å²) in [5, 5.41) is 8.08. The summed E-state index contributed by atoms with van der Waals surface area (Å²) in [5.74, 6) is -3.95. The van der Waals surface area contributed by atoms with E-state index in [1.807, 2.05) is 6.92 Å². The first kappa shape index (κ1) is 25.0. The number of anilines is 1. The molecular weight excluding hydrogens is 380 g/mol. The van der Waals surface area contributed by atoms with Crippen molar-refractivity contribution in [1.82, 2.24) is 0 Å². The number of aliphatic carboxylic acids is 1. The Morgan fingerprint density at radius 1 is 1.15 bits per heavy atom. The number of nitrogen functional groups attached to an aromatic ring is 1. The number of carboxylic acids is 1. The van der Waals surface area contributed by atoms with Gasteiger partial charge in [-0.3, -0.25) is 4.55 Å². The molecule has 1 aromatic carbocycles. The molecule has 1 aromatic rings. The zero-order chi connectivity index (χ0) is 21.4. The van der Waals surface area contributed by atoms with Gasteiger partial charge < -0.3 is 10.8 Å². The Morgan fingerprint density at radius 2 is 1.70 bits per heavy atom. The quantitative estimate of drug-likeness (QED) is 0.256. The largest absolute Gasteiger partial charge is 0.478 e. The predicted octanol–water partition coefficient (Wildman–Crippen LogP) is 4.26. The van der Waals surface area contributed by atoms with Crippen molar-refractivity contribution in [3.05, 3.63) is 34.9 Å². The standard InChI is InChI=1S/C13H19F2NO3S.C5H8O2/c1-3-4-5-6-7-9-8(2)12(16)10(14)11(15)13(9)20(17,18)19;1-3-4(2)5(6)7/h3-7,16H2,1-2H3,(H,17,18,19);2-3H2,1H3,(H,6,7). The van der Waals surface area contributed by atoms with E-state index < -0.39 is 38.3 Å². The highest BCUT2D eigenvalue weighted by molar-refractivity contribution is 7.85. The molecule has 0 aliphatic heterocycles. The number of carboxylic acid groups (broad SMARTS) is 1. The van der Waals surface area contributed by atoms with Gasteiger partial charge in [0, 0.05) is 5.57 Å². The summed E-state index contributed by atoms with van der Waals surface area (Å²) in [6.45, 7) is 8.47. The van der Waals surface area contributed by atoms with Gasteiger partial charge in [-0.05, 0) is 37.3 Å². The van der Waals surface area contributed by atoms with Gasteiger partial charge >= 0.3 is 5.97 Å². The Bertz CT molecular complexity index is 792. The average molecular weight is 407 g/mol. The van der Waals surface area contributed by atoms with Crippen LogP contribution in [0.25, 0.3) is 0 Å². The zero-order valence-electron chi connectivity index (χ0n) is 15.8. The second-order valence-corrected chi connectivity index (χ2v) is 7.38. The van der Waals surface area contributed by atoms with Gasteiger partial charge in [0.2, 0.25) is 0 Å². The van der Waals surface area contributed by atoms with Crippen LogP contribution in [0.2, 0.25) is 0 Å². The number of unbranched alkanes of at least 4 members (excludes halogenated alkanes) is 3. The molecule has 0 spiro atoms. The van der Waals surface area contributed by atoms with Crippen LogP contribution in [0.1, 0.15) is 57.1 Å². The summed E-state index contributed by atoms with van der Waals surface area (Å²) in [4.78, 5) is 8.84. The van der Waals surface area contributed by atoms with Crippen molar-refractivity contribution in [3.63, 3.8) is 0 Å². The van der Waals surface area contributed by atoms with Crippen LogP contribution in [0, 0.1) is 18.6 Å². The summed E-state index contributed by atoms with van der Waals surface area (Å²) >= 11 is 0. The van der Waals surface area contributed by atoms with Crippen molar-refractivity contribution >= 4 is 21.8 Å². The van der Waals surface area contributed by atoms with E-state index in [2.05, 4.69) is 6.58 Å². The first-order chi connectivity index (χ1) is 12.4. The van der Waals surface area contributed by atoms with Gasteiger partial charge in [0.05, 0.1) is 5.69 Å². The van der Waals surface area contributed by atoms with Gasteiger partial charge in [0.1, 0.15) is 4.90 Å². The molecule has 0 fully saturated rings. The fourth-order valence-corrected chi connectivity index (χ4v) is 3.18. The van der Waals surface area contributed by atoms with E-state index in [9.17, 15) is 22.0 Å². The minimum Gasteiger partial charge on any atom is -0.478 e. The Morgan fingerprint density at radius 3 is 2.07 bits per heavy atom. The molecule has 0 saturated carbocycles. The molecule has 0 heterocycles. The summed E-state index contributed by atoms with van der Waals surface area (Å²) in [6, 6.07) is 0. The SMILES string of the molecule is C=C(CC)C(=O)O.CCCCCCc1c(C)c(N)c(F)c(F)c1S(=O)(=O)O. The second kappa shape index (κ2) is 11.0. The van der Waals surface area contributed by atoms with E-state index >= 15 is 0 Å². The monoisotopic (exact) mass is 407 g/mol. The predicted molar refractivity (Wildman–Crippen MR) is 100 cm³/mol. The van der Waals surface area contributed by atoms with Crippen LogP contribution < -0.4 is 5.73 Å². The molecular formula is C18H27F2NO5S. The average Bonchev–Trinajstić information content (AvgIpc) is 2.59. The number of halogens is 2. The minimum absolute atomic E-state index is 0.0556. The van der Waals surface area contributed by atoms with Crippen molar-refractivity contribution < 1.29 is 31.7 Å². The molecule has 27 heavy (non-hydrogen) atoms. The Hall–Kier alpha value is -2.00. The van der Waals surface area contributed by atoms with Gasteiger partial charge in [-0.1, -0.05) is 39.7 Å². The first-order valence-corrected chi connectivity index (χ1v) is 9.98. The Balaban J connectivity index is 0.000000821. The number of rotatable bonds is 8. The lowest BCUT2D eigenvalue weighted by Gasteiger charge is -2.15. The molecule has 0 unspecified atom stereocenters. The third kappa shape index (κ3) is 7.26. The molecule has 9 heteroatoms. The van der Waals surface area contributed by atoms with Gasteiger partial charge in [-0.15, -0.1) is 0 Å². The normalized spacial score (nSPS) is 10.9. The summed E-state index contributed by atoms with van der Waals surface area (Å²) in [5.41, 5.74) is 5.50. The Kier molecular flexibility index (Phi) is 10.2. The number of benzene rings is 1. The highest BCUT2D eigenvalue weighted by Crippen LogP contribution is 2.32. The lowest BCUT2D eigenvalue weighted by atomic mass is 9.99. The molecule has 0 atom stereocenters. The van der Waals surface area contributed by atoms with Crippen LogP contribution in [0.5, 0.6) is 0 Å². The van der Waals surface area contributed by atoms with Gasteiger partial charge in [-0.25, -0.2) is 13.6 Å². The third-order valence-corrected chi connectivity index (χ3v) is 4.97. The zero-order valence-corrected chi connectivity index (χ0v) is 16.6. The molecule has 4 N–H and O–H groups in total. The highest BCUT2D eigenvalue weighted by Gasteiger charge is 2.28. The number of hydrogen-bond donors (Lipinski definition) is 3. The third-order valence-electron chi connectivity index (χ3n) is 4.03. The van der Waals surface area contributed by atoms with Crippen molar-refractivity contribution in [2.75, 3.05) is 5.73 Å². The van der Waals surface area contributed by atoms with Crippen LogP contribution in [0.4, 0.5) is 14.5 Å². The van der Waals surface area contributed by atoms with Crippen molar-refractivity contribution in [2.45, 2.75) is 64.2 Å². The van der Waals surface area contributed by atoms with E-state index in [4.69, 9.17) is 15.4 Å². The first-order valence-electron chi connectivity index (χ1n) is 8.54. The van der Waals surface area contributed by atoms with E-state index in [0.29, 0.717) is 12.8 Å². The topological polar surface area (TPSA) is 118 Å². The molecule has 154 valence electrons. The molecule has 0 aliphatic rings. The van der Waals surface area contributed by atoms with Crippen molar-refractivity contribution in [2.24, 2.45) is 0 Å². The number of hydrogen-bond acceptors (Lipinski definition) is 4. The van der Waals surface area contributed by atoms with E-state index in [1.165, 1.54) is 6.92 Å². The molecule has 0 amide bonds.